The van der Waals surface area contributed by atoms with E-state index in [1.165, 1.54) is 128 Å². The van der Waals surface area contributed by atoms with Crippen molar-refractivity contribution in [3.05, 3.63) is 60.8 Å². The Hall–Kier alpha value is -1.84. The number of hydrogen-bond acceptors (Lipinski definition) is 8. The van der Waals surface area contributed by atoms with Crippen LogP contribution in [0.5, 0.6) is 0 Å². The number of allylic oxidation sites excluding steroid dienone is 10. The zero-order valence-electron chi connectivity index (χ0n) is 40.5. The largest absolute Gasteiger partial charge is 0.472 e. The lowest BCUT2D eigenvalue weighted by Gasteiger charge is -2.20. The molecule has 0 saturated carbocycles. The van der Waals surface area contributed by atoms with Crippen molar-refractivity contribution in [2.24, 2.45) is 0 Å². The van der Waals surface area contributed by atoms with E-state index in [4.69, 9.17) is 23.6 Å². The van der Waals surface area contributed by atoms with Gasteiger partial charge in [0.15, 0.2) is 0 Å². The van der Waals surface area contributed by atoms with Crippen molar-refractivity contribution in [2.75, 3.05) is 33.0 Å². The van der Waals surface area contributed by atoms with Crippen LogP contribution in [-0.2, 0) is 27.9 Å². The van der Waals surface area contributed by atoms with Gasteiger partial charge < -0.3 is 24.6 Å². The third-order valence-corrected chi connectivity index (χ3v) is 11.9. The van der Waals surface area contributed by atoms with Crippen molar-refractivity contribution in [1.82, 2.24) is 0 Å². The number of carbonyl (C=O) groups is 1. The van der Waals surface area contributed by atoms with Crippen LogP contribution in [0.25, 0.3) is 0 Å². The van der Waals surface area contributed by atoms with Gasteiger partial charge in [0.2, 0.25) is 0 Å². The smallest absolute Gasteiger partial charge is 0.457 e. The van der Waals surface area contributed by atoms with Gasteiger partial charge in [-0.25, -0.2) is 4.57 Å². The van der Waals surface area contributed by atoms with Crippen LogP contribution in [0.2, 0.25) is 0 Å². The highest BCUT2D eigenvalue weighted by molar-refractivity contribution is 7.47. The molecule has 0 rings (SSSR count). The summed E-state index contributed by atoms with van der Waals surface area (Å²) in [5.74, 6) is -0.392. The molecule has 0 heterocycles. The standard InChI is InChI=1S/C53H97O9P/c1-3-5-7-9-11-13-15-17-19-21-23-24-25-26-27-29-31-33-35-37-39-41-43-45-53(56)62-52(50-61-63(57,58)60-48-51(55)47-54)49-59-46-44-42-40-38-36-34-32-30-28-22-20-18-16-14-12-10-8-6-4-2/h5,7,11,13,17,19,23-24,26-27,51-52,54-55H,3-4,6,8-10,12,14-16,18,20-22,25,28-50H2,1-2H3,(H,57,58)/b7-5-,13-11-,19-17-,24-23-,27-26-. The van der Waals surface area contributed by atoms with Crippen molar-refractivity contribution in [2.45, 2.75) is 238 Å². The van der Waals surface area contributed by atoms with Crippen molar-refractivity contribution in [3.8, 4) is 0 Å². The number of carbonyl (C=O) groups excluding carboxylic acids is 1. The molecular weight excluding hydrogens is 812 g/mol. The molecule has 0 spiro atoms. The fraction of sp³-hybridized carbons (Fsp3) is 0.792. The Balaban J connectivity index is 4.10. The molecule has 0 aliphatic heterocycles. The van der Waals surface area contributed by atoms with Crippen LogP contribution in [0.4, 0.5) is 0 Å². The van der Waals surface area contributed by atoms with Gasteiger partial charge in [-0.2, -0.15) is 0 Å². The molecule has 0 aliphatic carbocycles. The highest BCUT2D eigenvalue weighted by Gasteiger charge is 2.26. The first kappa shape index (κ1) is 61.2. The van der Waals surface area contributed by atoms with E-state index < -0.39 is 39.2 Å². The Labute approximate surface area is 387 Å². The number of aliphatic hydroxyl groups is 2. The average molecular weight is 909 g/mol. The summed E-state index contributed by atoms with van der Waals surface area (Å²) >= 11 is 0. The molecule has 0 aromatic rings. The molecule has 0 amide bonds. The monoisotopic (exact) mass is 909 g/mol. The molecule has 3 unspecified atom stereocenters. The minimum absolute atomic E-state index is 0.0453. The number of rotatable bonds is 49. The van der Waals surface area contributed by atoms with Crippen LogP contribution >= 0.6 is 7.82 Å². The van der Waals surface area contributed by atoms with Crippen LogP contribution < -0.4 is 0 Å². The average Bonchev–Trinajstić information content (AvgIpc) is 3.28. The number of esters is 1. The molecule has 0 aromatic carbocycles. The molecule has 368 valence electrons. The van der Waals surface area contributed by atoms with Gasteiger partial charge >= 0.3 is 13.8 Å². The van der Waals surface area contributed by atoms with Gasteiger partial charge in [-0.1, -0.05) is 222 Å². The van der Waals surface area contributed by atoms with Crippen molar-refractivity contribution in [1.29, 1.82) is 0 Å². The molecule has 0 bridgehead atoms. The zero-order valence-corrected chi connectivity index (χ0v) is 41.4. The maximum absolute atomic E-state index is 12.7. The number of phosphoric acid groups is 1. The zero-order chi connectivity index (χ0) is 46.0. The topological polar surface area (TPSA) is 132 Å². The lowest BCUT2D eigenvalue weighted by atomic mass is 10.0. The predicted octanol–water partition coefficient (Wildman–Crippen LogP) is 15.1. The molecule has 0 fully saturated rings. The summed E-state index contributed by atoms with van der Waals surface area (Å²) in [6.07, 6.45) is 59.0. The molecular formula is C53H97O9P. The van der Waals surface area contributed by atoms with E-state index in [9.17, 15) is 19.4 Å². The molecule has 0 aromatic heterocycles. The van der Waals surface area contributed by atoms with Crippen LogP contribution in [0.15, 0.2) is 60.8 Å². The molecule has 3 atom stereocenters. The van der Waals surface area contributed by atoms with Crippen molar-refractivity contribution < 1.29 is 43.0 Å². The fourth-order valence-corrected chi connectivity index (χ4v) is 7.88. The van der Waals surface area contributed by atoms with Crippen molar-refractivity contribution in [3.63, 3.8) is 0 Å². The summed E-state index contributed by atoms with van der Waals surface area (Å²) in [5.41, 5.74) is 0. The third kappa shape index (κ3) is 49.4. The summed E-state index contributed by atoms with van der Waals surface area (Å²) < 4.78 is 33.5. The molecule has 63 heavy (non-hydrogen) atoms. The molecule has 9 nitrogen and oxygen atoms in total. The first-order valence-electron chi connectivity index (χ1n) is 25.8. The Bertz CT molecular complexity index is 1170. The molecule has 3 N–H and O–H groups in total. The minimum atomic E-state index is -4.53. The van der Waals surface area contributed by atoms with Gasteiger partial charge in [-0.05, 0) is 57.8 Å². The third-order valence-electron chi connectivity index (χ3n) is 11.0. The van der Waals surface area contributed by atoms with Gasteiger partial charge in [0.05, 0.1) is 26.4 Å². The normalized spacial score (nSPS) is 14.3. The van der Waals surface area contributed by atoms with E-state index in [1.54, 1.807) is 0 Å². The maximum Gasteiger partial charge on any atom is 0.472 e. The summed E-state index contributed by atoms with van der Waals surface area (Å²) in [6, 6.07) is 0. The molecule has 0 aliphatic rings. The van der Waals surface area contributed by atoms with Gasteiger partial charge in [0, 0.05) is 13.0 Å². The van der Waals surface area contributed by atoms with E-state index in [1.807, 2.05) is 0 Å². The lowest BCUT2D eigenvalue weighted by Crippen LogP contribution is -2.29. The second kappa shape index (κ2) is 49.6. The molecule has 0 radical (unpaired) electrons. The fourth-order valence-electron chi connectivity index (χ4n) is 7.09. The Morgan fingerprint density at radius 2 is 0.905 bits per heavy atom. The molecule has 0 saturated heterocycles. The number of unbranched alkanes of at least 4 members (excludes halogenated alkanes) is 25. The number of phosphoric ester groups is 1. The SMILES string of the molecule is CC/C=C\C/C=C\C/C=C\C/C=C\C/C=C\CCCCCCCCCC(=O)OC(COCCCCCCCCCCCCCCCCCCCCC)COP(=O)(O)OCC(O)CO. The summed E-state index contributed by atoms with van der Waals surface area (Å²) in [5, 5.41) is 18.4. The second-order valence-electron chi connectivity index (χ2n) is 17.2. The summed E-state index contributed by atoms with van der Waals surface area (Å²) in [4.78, 5) is 22.7. The van der Waals surface area contributed by atoms with Crippen LogP contribution in [-0.4, -0.2) is 66.3 Å². The van der Waals surface area contributed by atoms with Gasteiger partial charge in [-0.3, -0.25) is 13.8 Å². The first-order chi connectivity index (χ1) is 30.8. The van der Waals surface area contributed by atoms with Crippen LogP contribution in [0.3, 0.4) is 0 Å². The van der Waals surface area contributed by atoms with E-state index in [2.05, 4.69) is 74.6 Å². The lowest BCUT2D eigenvalue weighted by molar-refractivity contribution is -0.154. The quantitative estimate of drug-likeness (QED) is 0.0236. The van der Waals surface area contributed by atoms with Crippen LogP contribution in [0, 0.1) is 0 Å². The second-order valence-corrected chi connectivity index (χ2v) is 18.6. The van der Waals surface area contributed by atoms with Gasteiger partial charge in [0.25, 0.3) is 0 Å². The maximum atomic E-state index is 12.7. The number of ether oxygens (including phenoxy) is 2. The minimum Gasteiger partial charge on any atom is -0.457 e. The van der Waals surface area contributed by atoms with Gasteiger partial charge in [0.1, 0.15) is 12.2 Å². The van der Waals surface area contributed by atoms with E-state index >= 15 is 0 Å². The highest BCUT2D eigenvalue weighted by atomic mass is 31.2. The van der Waals surface area contributed by atoms with E-state index in [0.717, 1.165) is 70.6 Å². The Kier molecular flexibility index (Phi) is 48.1. The number of aliphatic hydroxyl groups excluding tert-OH is 2. The summed E-state index contributed by atoms with van der Waals surface area (Å²) in [6.45, 7) is 3.43. The Morgan fingerprint density at radius 1 is 0.508 bits per heavy atom. The van der Waals surface area contributed by atoms with Crippen molar-refractivity contribution >= 4 is 13.8 Å². The Morgan fingerprint density at radius 3 is 1.37 bits per heavy atom. The van der Waals surface area contributed by atoms with E-state index in [-0.39, 0.29) is 19.6 Å². The van der Waals surface area contributed by atoms with Gasteiger partial charge in [-0.15, -0.1) is 0 Å². The van der Waals surface area contributed by atoms with Crippen LogP contribution in [0.1, 0.15) is 226 Å². The predicted molar refractivity (Wildman–Crippen MR) is 265 cm³/mol. The molecule has 10 heteroatoms. The van der Waals surface area contributed by atoms with E-state index in [0.29, 0.717) is 13.0 Å². The summed E-state index contributed by atoms with van der Waals surface area (Å²) in [7, 11) is -4.53. The first-order valence-corrected chi connectivity index (χ1v) is 27.3. The highest BCUT2D eigenvalue weighted by Crippen LogP contribution is 2.43. The number of hydrogen-bond donors (Lipinski definition) is 3.